The molecule has 0 radical (unpaired) electrons. The van der Waals surface area contributed by atoms with Crippen LogP contribution in [0.1, 0.15) is 15.9 Å². The Morgan fingerprint density at radius 1 is 0.800 bits per heavy atom. The molecule has 4 nitrogen and oxygen atoms in total. The van der Waals surface area contributed by atoms with Crippen LogP contribution in [-0.4, -0.2) is 16.0 Å². The summed E-state index contributed by atoms with van der Waals surface area (Å²) in [5, 5.41) is 19.8. The molecule has 1 aromatic heterocycles. The van der Waals surface area contributed by atoms with Gasteiger partial charge in [-0.25, -0.2) is 0 Å². The summed E-state index contributed by atoms with van der Waals surface area (Å²) in [7, 11) is 0. The highest BCUT2D eigenvalue weighted by Crippen LogP contribution is 2.36. The summed E-state index contributed by atoms with van der Waals surface area (Å²) < 4.78 is 5.90. The third-order valence-corrected chi connectivity index (χ3v) is 4.07. The first-order valence-corrected chi connectivity index (χ1v) is 7.78. The Hall–Kier alpha value is -3.53. The zero-order valence-electron chi connectivity index (χ0n) is 13.1. The standard InChI is InChI=1S/C21H14O4/c22-15-8-6-13(7-9-15)20(24)19-17-11-10-16(23)12-18(17)25-21(19)14-4-2-1-3-5-14/h1-12,22-23H. The first kappa shape index (κ1) is 15.0. The van der Waals surface area contributed by atoms with Crippen molar-refractivity contribution < 1.29 is 19.4 Å². The second-order valence-electron chi connectivity index (χ2n) is 5.73. The number of furan rings is 1. The summed E-state index contributed by atoms with van der Waals surface area (Å²) in [5.74, 6) is 0.425. The molecule has 3 aromatic carbocycles. The number of aromatic hydroxyl groups is 2. The van der Waals surface area contributed by atoms with Crippen LogP contribution in [0.3, 0.4) is 0 Å². The van der Waals surface area contributed by atoms with Gasteiger partial charge in [-0.2, -0.15) is 0 Å². The second-order valence-corrected chi connectivity index (χ2v) is 5.73. The molecule has 4 aromatic rings. The smallest absolute Gasteiger partial charge is 0.197 e. The van der Waals surface area contributed by atoms with Gasteiger partial charge in [-0.1, -0.05) is 30.3 Å². The van der Waals surface area contributed by atoms with E-state index < -0.39 is 0 Å². The number of phenols is 2. The lowest BCUT2D eigenvalue weighted by Gasteiger charge is -2.04. The van der Waals surface area contributed by atoms with E-state index in [9.17, 15) is 15.0 Å². The average molecular weight is 330 g/mol. The fraction of sp³-hybridized carbons (Fsp3) is 0. The van der Waals surface area contributed by atoms with Crippen molar-refractivity contribution in [2.75, 3.05) is 0 Å². The molecule has 0 atom stereocenters. The van der Waals surface area contributed by atoms with E-state index in [1.54, 1.807) is 18.2 Å². The Balaban J connectivity index is 1.97. The molecule has 0 aliphatic rings. The first-order valence-electron chi connectivity index (χ1n) is 7.78. The molecule has 0 saturated heterocycles. The van der Waals surface area contributed by atoms with E-state index in [1.165, 1.54) is 24.3 Å². The van der Waals surface area contributed by atoms with Crippen molar-refractivity contribution in [1.82, 2.24) is 0 Å². The molecule has 4 heteroatoms. The third kappa shape index (κ3) is 2.64. The summed E-state index contributed by atoms with van der Waals surface area (Å²) >= 11 is 0. The molecule has 0 bridgehead atoms. The Morgan fingerprint density at radius 2 is 1.48 bits per heavy atom. The number of hydrogen-bond donors (Lipinski definition) is 2. The highest BCUT2D eigenvalue weighted by atomic mass is 16.3. The summed E-state index contributed by atoms with van der Waals surface area (Å²) in [6, 6.07) is 20.2. The van der Waals surface area contributed by atoms with Crippen molar-refractivity contribution in [2.24, 2.45) is 0 Å². The van der Waals surface area contributed by atoms with Gasteiger partial charge in [-0.15, -0.1) is 0 Å². The van der Waals surface area contributed by atoms with Crippen LogP contribution >= 0.6 is 0 Å². The number of benzene rings is 3. The van der Waals surface area contributed by atoms with Crippen LogP contribution in [-0.2, 0) is 0 Å². The summed E-state index contributed by atoms with van der Waals surface area (Å²) in [6.45, 7) is 0. The van der Waals surface area contributed by atoms with Crippen molar-refractivity contribution in [3.63, 3.8) is 0 Å². The highest BCUT2D eigenvalue weighted by Gasteiger charge is 2.23. The second kappa shape index (κ2) is 5.83. The minimum Gasteiger partial charge on any atom is -0.508 e. The molecule has 0 spiro atoms. The fourth-order valence-electron chi connectivity index (χ4n) is 2.86. The quantitative estimate of drug-likeness (QED) is 0.532. The summed E-state index contributed by atoms with van der Waals surface area (Å²) in [5.41, 5.74) is 2.11. The van der Waals surface area contributed by atoms with Crippen LogP contribution in [0.4, 0.5) is 0 Å². The Morgan fingerprint density at radius 3 is 2.20 bits per heavy atom. The normalized spacial score (nSPS) is 10.9. The maximum absolute atomic E-state index is 13.1. The number of phenolic OH excluding ortho intramolecular Hbond substituents is 2. The molecule has 4 rings (SSSR count). The summed E-state index contributed by atoms with van der Waals surface area (Å²) in [4.78, 5) is 13.1. The van der Waals surface area contributed by atoms with Crippen LogP contribution in [0.25, 0.3) is 22.3 Å². The molecular weight excluding hydrogens is 316 g/mol. The lowest BCUT2D eigenvalue weighted by Crippen LogP contribution is -2.02. The lowest BCUT2D eigenvalue weighted by atomic mass is 9.97. The topological polar surface area (TPSA) is 70.7 Å². The van der Waals surface area contributed by atoms with E-state index in [1.807, 2.05) is 30.3 Å². The lowest BCUT2D eigenvalue weighted by molar-refractivity contribution is 0.104. The van der Waals surface area contributed by atoms with Crippen LogP contribution in [0.2, 0.25) is 0 Å². The molecule has 2 N–H and O–H groups in total. The Bertz CT molecular complexity index is 1060. The van der Waals surface area contributed by atoms with Gasteiger partial charge in [0.2, 0.25) is 0 Å². The van der Waals surface area contributed by atoms with E-state index >= 15 is 0 Å². The molecule has 25 heavy (non-hydrogen) atoms. The molecular formula is C21H14O4. The zero-order valence-corrected chi connectivity index (χ0v) is 13.1. The number of hydrogen-bond acceptors (Lipinski definition) is 4. The predicted molar refractivity (Wildman–Crippen MR) is 94.9 cm³/mol. The number of rotatable bonds is 3. The van der Waals surface area contributed by atoms with E-state index in [2.05, 4.69) is 0 Å². The SMILES string of the molecule is O=C(c1ccc(O)cc1)c1c(-c2ccccc2)oc2cc(O)ccc12. The monoisotopic (exact) mass is 330 g/mol. The van der Waals surface area contributed by atoms with Gasteiger partial charge in [0.15, 0.2) is 5.78 Å². The van der Waals surface area contributed by atoms with E-state index in [4.69, 9.17) is 4.42 Å². The Kier molecular flexibility index (Phi) is 3.51. The number of fused-ring (bicyclic) bond motifs is 1. The van der Waals surface area contributed by atoms with Gasteiger partial charge in [0.25, 0.3) is 0 Å². The number of ketones is 1. The minimum atomic E-state index is -0.205. The van der Waals surface area contributed by atoms with Crippen LogP contribution in [0.15, 0.2) is 77.2 Å². The zero-order chi connectivity index (χ0) is 17.4. The van der Waals surface area contributed by atoms with Gasteiger partial charge >= 0.3 is 0 Å². The molecule has 0 aliphatic heterocycles. The third-order valence-electron chi connectivity index (χ3n) is 4.07. The highest BCUT2D eigenvalue weighted by molar-refractivity contribution is 6.19. The van der Waals surface area contributed by atoms with Gasteiger partial charge in [-0.3, -0.25) is 4.79 Å². The maximum Gasteiger partial charge on any atom is 0.197 e. The first-order chi connectivity index (χ1) is 12.1. The van der Waals surface area contributed by atoms with E-state index in [-0.39, 0.29) is 17.3 Å². The van der Waals surface area contributed by atoms with E-state index in [0.29, 0.717) is 27.9 Å². The maximum atomic E-state index is 13.1. The van der Waals surface area contributed by atoms with Gasteiger partial charge in [0, 0.05) is 22.6 Å². The predicted octanol–water partition coefficient (Wildman–Crippen LogP) is 4.74. The Labute approximate surface area is 143 Å². The van der Waals surface area contributed by atoms with Crippen LogP contribution in [0, 0.1) is 0 Å². The van der Waals surface area contributed by atoms with Gasteiger partial charge < -0.3 is 14.6 Å². The molecule has 0 unspecified atom stereocenters. The molecule has 0 aliphatic carbocycles. The number of carbonyl (C=O) groups excluding carboxylic acids is 1. The molecule has 0 fully saturated rings. The van der Waals surface area contributed by atoms with Gasteiger partial charge in [0.1, 0.15) is 22.8 Å². The molecule has 122 valence electrons. The minimum absolute atomic E-state index is 0.0736. The summed E-state index contributed by atoms with van der Waals surface area (Å²) in [6.07, 6.45) is 0. The fourth-order valence-corrected chi connectivity index (χ4v) is 2.86. The number of carbonyl (C=O) groups is 1. The van der Waals surface area contributed by atoms with Crippen LogP contribution < -0.4 is 0 Å². The van der Waals surface area contributed by atoms with Crippen molar-refractivity contribution in [2.45, 2.75) is 0 Å². The molecule has 0 saturated carbocycles. The van der Waals surface area contributed by atoms with Gasteiger partial charge in [0.05, 0.1) is 5.56 Å². The molecule has 0 amide bonds. The van der Waals surface area contributed by atoms with Gasteiger partial charge in [-0.05, 0) is 36.4 Å². The van der Waals surface area contributed by atoms with Crippen LogP contribution in [0.5, 0.6) is 11.5 Å². The largest absolute Gasteiger partial charge is 0.508 e. The van der Waals surface area contributed by atoms with E-state index in [0.717, 1.165) is 5.56 Å². The van der Waals surface area contributed by atoms with Crippen molar-refractivity contribution in [3.8, 4) is 22.8 Å². The molecule has 1 heterocycles. The average Bonchev–Trinajstić information content (AvgIpc) is 3.01. The van der Waals surface area contributed by atoms with Crippen molar-refractivity contribution >= 4 is 16.8 Å². The van der Waals surface area contributed by atoms with Crippen molar-refractivity contribution in [3.05, 3.63) is 83.9 Å². The van der Waals surface area contributed by atoms with Crippen molar-refractivity contribution in [1.29, 1.82) is 0 Å².